The molecule has 0 atom stereocenters. The summed E-state index contributed by atoms with van der Waals surface area (Å²) >= 11 is 3.24. The average molecular weight is 371 g/mol. The Morgan fingerprint density at radius 3 is 2.67 bits per heavy atom. The topological polar surface area (TPSA) is 43.4 Å². The molecule has 0 unspecified atom stereocenters. The summed E-state index contributed by atoms with van der Waals surface area (Å²) in [5, 5.41) is 0.412. The van der Waals surface area contributed by atoms with E-state index in [-0.39, 0.29) is 17.3 Å². The number of ether oxygens (including phenoxy) is 1. The van der Waals surface area contributed by atoms with E-state index in [0.29, 0.717) is 22.2 Å². The monoisotopic (exact) mass is 370 g/mol. The highest BCUT2D eigenvalue weighted by Crippen LogP contribution is 2.40. The van der Waals surface area contributed by atoms with Crippen molar-refractivity contribution in [3.63, 3.8) is 0 Å². The number of sulfone groups is 1. The molecule has 1 aliphatic rings. The molecule has 110 valence electrons. The van der Waals surface area contributed by atoms with E-state index in [1.165, 1.54) is 6.07 Å². The molecule has 0 spiro atoms. The number of alkyl halides is 1. The minimum Gasteiger partial charge on any atom is -0.488 e. The van der Waals surface area contributed by atoms with Crippen LogP contribution in [0, 0.1) is 5.82 Å². The van der Waals surface area contributed by atoms with Gasteiger partial charge >= 0.3 is 0 Å². The zero-order valence-corrected chi connectivity index (χ0v) is 13.6. The first-order chi connectivity index (χ1) is 9.90. The van der Waals surface area contributed by atoms with Gasteiger partial charge in [-0.05, 0) is 35.4 Å². The molecule has 1 aliphatic heterocycles. The molecular formula is C15H12BrFO3S. The standard InChI is InChI=1S/C15H12BrFO3S/c1-21(18,19)11-2-3-12-10(4-11)8-20-15-5-9(7-16)14(17)6-13(12)15/h2-6H,7-8H2,1H3. The van der Waals surface area contributed by atoms with E-state index >= 15 is 0 Å². The Kier molecular flexibility index (Phi) is 3.53. The van der Waals surface area contributed by atoms with E-state index in [4.69, 9.17) is 4.74 Å². The van der Waals surface area contributed by atoms with Crippen molar-refractivity contribution in [2.75, 3.05) is 6.26 Å². The van der Waals surface area contributed by atoms with E-state index in [9.17, 15) is 12.8 Å². The molecule has 2 aromatic rings. The summed E-state index contributed by atoms with van der Waals surface area (Å²) in [6, 6.07) is 7.95. The summed E-state index contributed by atoms with van der Waals surface area (Å²) < 4.78 is 42.8. The second-order valence-corrected chi connectivity index (χ2v) is 7.53. The van der Waals surface area contributed by atoms with Crippen LogP contribution in [0.5, 0.6) is 5.75 Å². The number of halogens is 2. The number of hydrogen-bond acceptors (Lipinski definition) is 3. The van der Waals surface area contributed by atoms with Crippen molar-refractivity contribution >= 4 is 25.8 Å². The lowest BCUT2D eigenvalue weighted by Gasteiger charge is -2.22. The first-order valence-electron chi connectivity index (χ1n) is 6.24. The number of benzene rings is 2. The maximum Gasteiger partial charge on any atom is 0.175 e. The summed E-state index contributed by atoms with van der Waals surface area (Å²) in [4.78, 5) is 0.242. The van der Waals surface area contributed by atoms with Gasteiger partial charge in [0, 0.05) is 22.7 Å². The molecule has 3 rings (SSSR count). The van der Waals surface area contributed by atoms with Gasteiger partial charge in [-0.25, -0.2) is 12.8 Å². The molecule has 0 aromatic heterocycles. The summed E-state index contributed by atoms with van der Waals surface area (Å²) in [6.45, 7) is 0.277. The largest absolute Gasteiger partial charge is 0.488 e. The molecule has 3 nitrogen and oxygen atoms in total. The SMILES string of the molecule is CS(=O)(=O)c1ccc2c(c1)COc1cc(CBr)c(F)cc1-2. The molecule has 2 aromatic carbocycles. The lowest BCUT2D eigenvalue weighted by atomic mass is 9.96. The van der Waals surface area contributed by atoms with Gasteiger partial charge in [0.2, 0.25) is 0 Å². The van der Waals surface area contributed by atoms with Crippen molar-refractivity contribution in [1.29, 1.82) is 0 Å². The van der Waals surface area contributed by atoms with E-state index < -0.39 is 9.84 Å². The van der Waals surface area contributed by atoms with E-state index in [0.717, 1.165) is 17.4 Å². The average Bonchev–Trinajstić information content (AvgIpc) is 2.45. The van der Waals surface area contributed by atoms with Gasteiger partial charge in [-0.2, -0.15) is 0 Å². The van der Waals surface area contributed by atoms with Crippen LogP contribution in [0.2, 0.25) is 0 Å². The van der Waals surface area contributed by atoms with Crippen LogP contribution in [-0.4, -0.2) is 14.7 Å². The Morgan fingerprint density at radius 2 is 2.00 bits per heavy atom. The van der Waals surface area contributed by atoms with Gasteiger partial charge in [0.05, 0.1) is 4.90 Å². The summed E-state index contributed by atoms with van der Waals surface area (Å²) in [7, 11) is -3.27. The predicted molar refractivity (Wildman–Crippen MR) is 81.9 cm³/mol. The van der Waals surface area contributed by atoms with Crippen LogP contribution in [0.4, 0.5) is 4.39 Å². The minimum atomic E-state index is -3.27. The lowest BCUT2D eigenvalue weighted by Crippen LogP contribution is -2.08. The summed E-state index contributed by atoms with van der Waals surface area (Å²) in [5.74, 6) is 0.305. The van der Waals surface area contributed by atoms with Crippen LogP contribution in [0.1, 0.15) is 11.1 Å². The van der Waals surface area contributed by atoms with Gasteiger partial charge in [0.15, 0.2) is 9.84 Å². The van der Waals surface area contributed by atoms with Crippen molar-refractivity contribution in [3.05, 3.63) is 47.3 Å². The fourth-order valence-electron chi connectivity index (χ4n) is 2.37. The lowest BCUT2D eigenvalue weighted by molar-refractivity contribution is 0.301. The van der Waals surface area contributed by atoms with E-state index in [1.807, 2.05) is 0 Å². The highest BCUT2D eigenvalue weighted by atomic mass is 79.9. The number of rotatable bonds is 2. The second-order valence-electron chi connectivity index (χ2n) is 4.95. The molecular weight excluding hydrogens is 359 g/mol. The van der Waals surface area contributed by atoms with Crippen LogP contribution >= 0.6 is 15.9 Å². The van der Waals surface area contributed by atoms with Gasteiger partial charge in [0.1, 0.15) is 18.2 Å². The molecule has 0 N–H and O–H groups in total. The normalized spacial score (nSPS) is 13.3. The Morgan fingerprint density at radius 1 is 1.24 bits per heavy atom. The highest BCUT2D eigenvalue weighted by Gasteiger charge is 2.21. The first kappa shape index (κ1) is 14.5. The Hall–Kier alpha value is -1.40. The molecule has 6 heteroatoms. The first-order valence-corrected chi connectivity index (χ1v) is 9.26. The third-order valence-electron chi connectivity index (χ3n) is 3.47. The number of hydrogen-bond donors (Lipinski definition) is 0. The third kappa shape index (κ3) is 2.58. The quantitative estimate of drug-likeness (QED) is 0.757. The molecule has 21 heavy (non-hydrogen) atoms. The highest BCUT2D eigenvalue weighted by molar-refractivity contribution is 9.08. The van der Waals surface area contributed by atoms with Gasteiger partial charge < -0.3 is 4.74 Å². The van der Waals surface area contributed by atoms with E-state index in [1.54, 1.807) is 24.3 Å². The van der Waals surface area contributed by atoms with Crippen LogP contribution in [-0.2, 0) is 21.8 Å². The molecule has 0 saturated heterocycles. The van der Waals surface area contributed by atoms with Crippen molar-refractivity contribution in [2.24, 2.45) is 0 Å². The Balaban J connectivity index is 2.18. The number of fused-ring (bicyclic) bond motifs is 3. The van der Waals surface area contributed by atoms with Crippen molar-refractivity contribution < 1.29 is 17.5 Å². The fourth-order valence-corrected chi connectivity index (χ4v) is 3.47. The maximum absolute atomic E-state index is 14.0. The molecule has 0 bridgehead atoms. The maximum atomic E-state index is 14.0. The molecule has 0 aliphatic carbocycles. The third-order valence-corrected chi connectivity index (χ3v) is 5.19. The zero-order valence-electron chi connectivity index (χ0n) is 11.2. The van der Waals surface area contributed by atoms with Crippen LogP contribution in [0.25, 0.3) is 11.1 Å². The Labute approximate surface area is 130 Å². The van der Waals surface area contributed by atoms with Gasteiger partial charge in [-0.3, -0.25) is 0 Å². The van der Waals surface area contributed by atoms with Crippen molar-refractivity contribution in [3.8, 4) is 16.9 Å². The van der Waals surface area contributed by atoms with Crippen molar-refractivity contribution in [1.82, 2.24) is 0 Å². The van der Waals surface area contributed by atoms with E-state index in [2.05, 4.69) is 15.9 Å². The smallest absolute Gasteiger partial charge is 0.175 e. The van der Waals surface area contributed by atoms with Gasteiger partial charge in [0.25, 0.3) is 0 Å². The second kappa shape index (κ2) is 5.10. The zero-order chi connectivity index (χ0) is 15.2. The molecule has 0 amide bonds. The van der Waals surface area contributed by atoms with Crippen LogP contribution < -0.4 is 4.74 Å². The van der Waals surface area contributed by atoms with Gasteiger partial charge in [-0.15, -0.1) is 0 Å². The minimum absolute atomic E-state index is 0.242. The predicted octanol–water partition coefficient (Wildman–Crippen LogP) is 3.68. The molecule has 1 heterocycles. The molecule has 0 saturated carbocycles. The molecule has 0 radical (unpaired) electrons. The molecule has 0 fully saturated rings. The van der Waals surface area contributed by atoms with Crippen molar-refractivity contribution in [2.45, 2.75) is 16.8 Å². The van der Waals surface area contributed by atoms with Crippen LogP contribution in [0.15, 0.2) is 35.2 Å². The summed E-state index contributed by atoms with van der Waals surface area (Å²) in [6.07, 6.45) is 1.16. The Bertz CT molecular complexity index is 831. The van der Waals surface area contributed by atoms with Crippen LogP contribution in [0.3, 0.4) is 0 Å². The fraction of sp³-hybridized carbons (Fsp3) is 0.200. The summed E-state index contributed by atoms with van der Waals surface area (Å²) in [5.41, 5.74) is 2.74. The van der Waals surface area contributed by atoms with Gasteiger partial charge in [-0.1, -0.05) is 22.0 Å².